The fourth-order valence-corrected chi connectivity index (χ4v) is 7.54. The minimum Gasteiger partial charge on any atom is -0.504 e. The average molecular weight is 640 g/mol. The topological polar surface area (TPSA) is 115 Å². The number of hydrogen-bond acceptors (Lipinski definition) is 7. The number of nitrogen functional groups attached to an aromatic ring is 1. The van der Waals surface area contributed by atoms with Crippen LogP contribution in [0.5, 0.6) is 11.5 Å². The Labute approximate surface area is 281 Å². The molecule has 2 aromatic carbocycles. The first-order chi connectivity index (χ1) is 22.5. The lowest BCUT2D eigenvalue weighted by molar-refractivity contribution is -0.124. The number of nitrogens with zero attached hydrogens (tertiary/aromatic N) is 1. The van der Waals surface area contributed by atoms with Crippen molar-refractivity contribution in [2.45, 2.75) is 91.4 Å². The largest absolute Gasteiger partial charge is 0.504 e. The average Bonchev–Trinajstić information content (AvgIpc) is 3.46. The molecule has 1 aromatic heterocycles. The zero-order chi connectivity index (χ0) is 34.0. The van der Waals surface area contributed by atoms with Crippen LogP contribution in [0.25, 0.3) is 6.08 Å². The van der Waals surface area contributed by atoms with Crippen LogP contribution in [-0.4, -0.2) is 42.4 Å². The molecule has 0 unspecified atom stereocenters. The van der Waals surface area contributed by atoms with E-state index in [-0.39, 0.29) is 23.7 Å². The molecule has 7 nitrogen and oxygen atoms in total. The number of nitrogens with one attached hydrogen (secondary N) is 1. The number of aryl methyl sites for hydroxylation is 2. The van der Waals surface area contributed by atoms with E-state index in [1.807, 2.05) is 7.05 Å². The van der Waals surface area contributed by atoms with Crippen molar-refractivity contribution < 1.29 is 19.4 Å². The highest BCUT2D eigenvalue weighted by Crippen LogP contribution is 2.47. The number of Topliss-reactive ketones (excluding diaryl/α,β-unsaturated/α-hetero) is 1. The number of carbonyl (C=O) groups excluding carboxylic acids is 2. The van der Waals surface area contributed by atoms with E-state index in [2.05, 4.69) is 55.3 Å². The number of aromatic nitrogens is 1. The van der Waals surface area contributed by atoms with Crippen LogP contribution in [0.3, 0.4) is 0 Å². The second kappa shape index (κ2) is 16.7. The van der Waals surface area contributed by atoms with Crippen LogP contribution in [0, 0.1) is 25.2 Å². The van der Waals surface area contributed by atoms with E-state index in [9.17, 15) is 14.7 Å². The van der Waals surface area contributed by atoms with Gasteiger partial charge in [0, 0.05) is 19.0 Å². The van der Waals surface area contributed by atoms with E-state index >= 15 is 0 Å². The Hall–Kier alpha value is -3.97. The molecule has 1 heterocycles. The number of aromatic hydroxyl groups is 1. The van der Waals surface area contributed by atoms with Crippen LogP contribution in [0.4, 0.5) is 5.82 Å². The van der Waals surface area contributed by atoms with Crippen molar-refractivity contribution in [1.82, 2.24) is 10.3 Å². The molecule has 1 atom stereocenters. The van der Waals surface area contributed by atoms with Crippen LogP contribution >= 0.6 is 0 Å². The molecule has 4 N–H and O–H groups in total. The maximum atomic E-state index is 12.9. The highest BCUT2D eigenvalue weighted by atomic mass is 16.5. The third-order valence-electron chi connectivity index (χ3n) is 9.55. The van der Waals surface area contributed by atoms with Crippen molar-refractivity contribution in [2.75, 3.05) is 26.4 Å². The quantitative estimate of drug-likeness (QED) is 0.102. The first-order valence-corrected chi connectivity index (χ1v) is 17.1. The first kappa shape index (κ1) is 35.9. The molecule has 7 heteroatoms. The van der Waals surface area contributed by atoms with Crippen molar-refractivity contribution >= 4 is 23.5 Å². The van der Waals surface area contributed by atoms with Crippen molar-refractivity contribution in [3.05, 3.63) is 87.6 Å². The molecule has 0 radical (unpaired) electrons. The Kier molecular flexibility index (Phi) is 12.8. The van der Waals surface area contributed by atoms with E-state index in [1.54, 1.807) is 24.4 Å². The fraction of sp³-hybridized carbons (Fsp3) is 0.475. The summed E-state index contributed by atoms with van der Waals surface area (Å²) in [6.07, 6.45) is 14.5. The molecule has 0 spiro atoms. The number of methoxy groups -OCH3 is 1. The summed E-state index contributed by atoms with van der Waals surface area (Å²) in [7, 11) is 3.49. The van der Waals surface area contributed by atoms with Crippen molar-refractivity contribution in [2.24, 2.45) is 11.3 Å². The number of pyridine rings is 1. The number of phenolic OH excluding ortho intramolecular Hbond substituents is 1. The first-order valence-electron chi connectivity index (χ1n) is 17.1. The van der Waals surface area contributed by atoms with Crippen LogP contribution in [0.1, 0.15) is 104 Å². The second-order valence-corrected chi connectivity index (χ2v) is 13.9. The normalized spacial score (nSPS) is 14.8. The summed E-state index contributed by atoms with van der Waals surface area (Å²) in [5.74, 6) is 1.20. The number of carbonyl (C=O) groups is 2. The third-order valence-corrected chi connectivity index (χ3v) is 9.55. The highest BCUT2D eigenvalue weighted by Gasteiger charge is 2.34. The number of rotatable bonds is 17. The maximum absolute atomic E-state index is 12.9. The number of nitrogens with two attached hydrogens (primary N) is 1. The van der Waals surface area contributed by atoms with E-state index in [4.69, 9.17) is 10.5 Å². The van der Waals surface area contributed by atoms with Gasteiger partial charge in [0.1, 0.15) is 11.6 Å². The zero-order valence-corrected chi connectivity index (χ0v) is 29.0. The Morgan fingerprint density at radius 2 is 1.74 bits per heavy atom. The van der Waals surface area contributed by atoms with Gasteiger partial charge in [0.2, 0.25) is 0 Å². The smallest absolute Gasteiger partial charge is 0.163 e. The van der Waals surface area contributed by atoms with Gasteiger partial charge >= 0.3 is 0 Å². The van der Waals surface area contributed by atoms with E-state index in [1.165, 1.54) is 62.0 Å². The Balaban J connectivity index is 1.41. The van der Waals surface area contributed by atoms with Gasteiger partial charge in [0.05, 0.1) is 13.5 Å². The van der Waals surface area contributed by atoms with Gasteiger partial charge in [0.25, 0.3) is 0 Å². The molecule has 0 amide bonds. The molecule has 1 aliphatic rings. The van der Waals surface area contributed by atoms with E-state index in [0.717, 1.165) is 41.6 Å². The molecule has 4 rings (SSSR count). The maximum Gasteiger partial charge on any atom is 0.163 e. The minimum absolute atomic E-state index is 0.0103. The Bertz CT molecular complexity index is 1550. The summed E-state index contributed by atoms with van der Waals surface area (Å²) < 4.78 is 5.36. The van der Waals surface area contributed by atoms with Crippen LogP contribution in [0.15, 0.2) is 48.7 Å². The molecule has 252 valence electrons. The standard InChI is InChI=1S/C40H53N3O4/c1-27-15-28(2)17-30(16-27)18-34-20-31(26-43-39(34)41)19-33-21-37(46)38(47-5)22-32(33)10-11-36(45)23-35(44)9-8-14-40(12-6-7-13-40)24-29(3)25-42-4/h10-11,15-17,20-22,26,29,42,46H,6-9,12-14,18-19,23-25H2,1-5H3,(H2,41,43)/t29-/m1/s1. The number of allylic oxidation sites excluding steroid dienone is 1. The Morgan fingerprint density at radius 1 is 1.04 bits per heavy atom. The lowest BCUT2D eigenvalue weighted by Crippen LogP contribution is -2.25. The van der Waals surface area contributed by atoms with Crippen LogP contribution in [0.2, 0.25) is 0 Å². The fourth-order valence-electron chi connectivity index (χ4n) is 7.54. The molecule has 3 aromatic rings. The van der Waals surface area contributed by atoms with Crippen molar-refractivity contribution in [1.29, 1.82) is 0 Å². The van der Waals surface area contributed by atoms with Gasteiger partial charge in [-0.15, -0.1) is 0 Å². The SMILES string of the molecule is CNC[C@H](C)CC1(CCCC(=O)CC(=O)C=Cc2cc(OC)c(O)cc2Cc2cnc(N)c(Cc3cc(C)cc(C)c3)c2)CCCC1. The number of anilines is 1. The Morgan fingerprint density at radius 3 is 2.43 bits per heavy atom. The van der Waals surface area contributed by atoms with Gasteiger partial charge in [-0.2, -0.15) is 0 Å². The molecule has 0 aliphatic heterocycles. The lowest BCUT2D eigenvalue weighted by Gasteiger charge is -2.32. The molecule has 47 heavy (non-hydrogen) atoms. The zero-order valence-electron chi connectivity index (χ0n) is 29.0. The second-order valence-electron chi connectivity index (χ2n) is 13.9. The molecule has 0 bridgehead atoms. The predicted molar refractivity (Wildman–Crippen MR) is 191 cm³/mol. The molecule has 1 fully saturated rings. The predicted octanol–water partition coefficient (Wildman–Crippen LogP) is 7.69. The van der Waals surface area contributed by atoms with E-state index < -0.39 is 0 Å². The summed E-state index contributed by atoms with van der Waals surface area (Å²) in [5, 5.41) is 13.9. The number of phenols is 1. The summed E-state index contributed by atoms with van der Waals surface area (Å²) in [4.78, 5) is 30.2. The summed E-state index contributed by atoms with van der Waals surface area (Å²) in [6.45, 7) is 7.49. The molecule has 1 saturated carbocycles. The summed E-state index contributed by atoms with van der Waals surface area (Å²) in [6, 6.07) is 11.9. The minimum atomic E-state index is -0.226. The van der Waals surface area contributed by atoms with E-state index in [0.29, 0.717) is 42.2 Å². The molecular formula is C40H53N3O4. The summed E-state index contributed by atoms with van der Waals surface area (Å²) >= 11 is 0. The van der Waals surface area contributed by atoms with Gasteiger partial charge in [-0.05, 0) is 129 Å². The van der Waals surface area contributed by atoms with Crippen LogP contribution in [-0.2, 0) is 22.4 Å². The number of ether oxygens (including phenoxy) is 1. The van der Waals surface area contributed by atoms with Gasteiger partial charge in [-0.3, -0.25) is 9.59 Å². The summed E-state index contributed by atoms with van der Waals surface area (Å²) in [5.41, 5.74) is 13.6. The van der Waals surface area contributed by atoms with Crippen LogP contribution < -0.4 is 15.8 Å². The third kappa shape index (κ3) is 10.5. The van der Waals surface area contributed by atoms with Gasteiger partial charge in [-0.25, -0.2) is 4.98 Å². The lowest BCUT2D eigenvalue weighted by atomic mass is 9.74. The monoisotopic (exact) mass is 639 g/mol. The molecular weight excluding hydrogens is 586 g/mol. The van der Waals surface area contributed by atoms with Gasteiger partial charge in [0.15, 0.2) is 17.3 Å². The number of benzene rings is 2. The van der Waals surface area contributed by atoms with Gasteiger partial charge < -0.3 is 20.9 Å². The van der Waals surface area contributed by atoms with Gasteiger partial charge in [-0.1, -0.05) is 55.2 Å². The molecule has 1 aliphatic carbocycles. The van der Waals surface area contributed by atoms with Crippen molar-refractivity contribution in [3.63, 3.8) is 0 Å². The molecule has 0 saturated heterocycles. The van der Waals surface area contributed by atoms with Crippen molar-refractivity contribution in [3.8, 4) is 11.5 Å². The number of hydrogen-bond donors (Lipinski definition) is 3. The highest BCUT2D eigenvalue weighted by molar-refractivity contribution is 6.06. The number of ketones is 2.